The second-order valence-electron chi connectivity index (χ2n) is 6.29. The highest BCUT2D eigenvalue weighted by atomic mass is 35.5. The second-order valence-corrected chi connectivity index (χ2v) is 6.29. The summed E-state index contributed by atoms with van der Waals surface area (Å²) in [7, 11) is 1.41. The number of methoxy groups -OCH3 is 1. The second kappa shape index (κ2) is 10.2. The number of rotatable bonds is 7. The Kier molecular flexibility index (Phi) is 9.03. The Morgan fingerprint density at radius 3 is 2.40 bits per heavy atom. The number of hydrogen-bond donors (Lipinski definition) is 1. The molecule has 0 unspecified atom stereocenters. The van der Waals surface area contributed by atoms with Gasteiger partial charge >= 0.3 is 6.18 Å². The Labute approximate surface area is 154 Å². The van der Waals surface area contributed by atoms with Gasteiger partial charge in [-0.25, -0.2) is 0 Å². The topological polar surface area (TPSA) is 24.5 Å². The summed E-state index contributed by atoms with van der Waals surface area (Å²) in [5, 5.41) is 3.30. The van der Waals surface area contributed by atoms with Crippen LogP contribution in [0.25, 0.3) is 0 Å². The normalized spacial score (nSPS) is 17.0. The van der Waals surface area contributed by atoms with Crippen LogP contribution in [0.5, 0.6) is 5.75 Å². The average molecular weight is 381 g/mol. The molecule has 7 heteroatoms. The number of nitrogens with one attached hydrogen (secondary N) is 1. The summed E-state index contributed by atoms with van der Waals surface area (Å²) in [5.74, 6) is 0.274. The van der Waals surface area contributed by atoms with Crippen molar-refractivity contribution >= 4 is 12.4 Å². The molecular weight excluding hydrogens is 353 g/mol. The zero-order chi connectivity index (χ0) is 17.6. The molecule has 0 aromatic heterocycles. The molecule has 1 fully saturated rings. The van der Waals surface area contributed by atoms with E-state index >= 15 is 0 Å². The highest BCUT2D eigenvalue weighted by Crippen LogP contribution is 2.36. The minimum absolute atomic E-state index is 0. The quantitative estimate of drug-likeness (QED) is 0.696. The largest absolute Gasteiger partial charge is 0.497 e. The van der Waals surface area contributed by atoms with E-state index in [2.05, 4.69) is 17.1 Å². The molecule has 0 bridgehead atoms. The maximum absolute atomic E-state index is 13.2. The van der Waals surface area contributed by atoms with Gasteiger partial charge in [0, 0.05) is 32.2 Å². The van der Waals surface area contributed by atoms with Gasteiger partial charge in [-0.15, -0.1) is 12.4 Å². The van der Waals surface area contributed by atoms with Gasteiger partial charge < -0.3 is 10.1 Å². The van der Waals surface area contributed by atoms with Crippen molar-refractivity contribution in [2.45, 2.75) is 44.8 Å². The molecule has 1 aromatic carbocycles. The lowest BCUT2D eigenvalue weighted by molar-refractivity contribution is -0.137. The van der Waals surface area contributed by atoms with Crippen LogP contribution in [0.1, 0.15) is 49.8 Å². The number of unbranched alkanes of at least 4 members (excludes halogenated alkanes) is 2. The van der Waals surface area contributed by atoms with Crippen LogP contribution in [0.2, 0.25) is 0 Å². The molecule has 2 rings (SSSR count). The van der Waals surface area contributed by atoms with Gasteiger partial charge in [0.2, 0.25) is 0 Å². The first-order valence-corrected chi connectivity index (χ1v) is 8.66. The van der Waals surface area contributed by atoms with Crippen LogP contribution >= 0.6 is 12.4 Å². The fourth-order valence-corrected chi connectivity index (χ4v) is 3.24. The molecule has 0 aliphatic carbocycles. The first-order valence-electron chi connectivity index (χ1n) is 8.66. The van der Waals surface area contributed by atoms with E-state index in [1.54, 1.807) is 6.07 Å². The summed E-state index contributed by atoms with van der Waals surface area (Å²) >= 11 is 0. The maximum atomic E-state index is 13.2. The van der Waals surface area contributed by atoms with Crippen LogP contribution in [-0.4, -0.2) is 38.2 Å². The minimum Gasteiger partial charge on any atom is -0.497 e. The molecule has 1 aliphatic heterocycles. The number of hydrogen-bond acceptors (Lipinski definition) is 3. The van der Waals surface area contributed by atoms with Crippen molar-refractivity contribution in [2.75, 3.05) is 33.3 Å². The summed E-state index contributed by atoms with van der Waals surface area (Å²) in [6.45, 7) is 5.60. The van der Waals surface area contributed by atoms with Crippen LogP contribution in [0.3, 0.4) is 0 Å². The molecule has 1 aromatic rings. The van der Waals surface area contributed by atoms with E-state index in [4.69, 9.17) is 4.74 Å². The highest BCUT2D eigenvalue weighted by Gasteiger charge is 2.33. The van der Waals surface area contributed by atoms with Crippen molar-refractivity contribution in [1.82, 2.24) is 10.2 Å². The number of halogens is 4. The van der Waals surface area contributed by atoms with Crippen molar-refractivity contribution in [3.63, 3.8) is 0 Å². The van der Waals surface area contributed by atoms with Crippen molar-refractivity contribution < 1.29 is 17.9 Å². The minimum atomic E-state index is -4.36. The molecule has 1 saturated heterocycles. The zero-order valence-electron chi connectivity index (χ0n) is 14.9. The number of ether oxygens (including phenoxy) is 1. The monoisotopic (exact) mass is 380 g/mol. The molecule has 0 amide bonds. The van der Waals surface area contributed by atoms with Crippen LogP contribution in [0.15, 0.2) is 18.2 Å². The van der Waals surface area contributed by atoms with Gasteiger partial charge in [-0.3, -0.25) is 4.90 Å². The molecule has 144 valence electrons. The first kappa shape index (κ1) is 22.1. The van der Waals surface area contributed by atoms with Crippen LogP contribution in [-0.2, 0) is 6.18 Å². The molecule has 0 radical (unpaired) electrons. The van der Waals surface area contributed by atoms with Crippen molar-refractivity contribution in [1.29, 1.82) is 0 Å². The fourth-order valence-electron chi connectivity index (χ4n) is 3.24. The van der Waals surface area contributed by atoms with E-state index in [-0.39, 0.29) is 24.2 Å². The first-order chi connectivity index (χ1) is 11.5. The Morgan fingerprint density at radius 2 is 1.84 bits per heavy atom. The molecule has 1 aliphatic rings. The zero-order valence-corrected chi connectivity index (χ0v) is 15.7. The van der Waals surface area contributed by atoms with E-state index < -0.39 is 11.7 Å². The van der Waals surface area contributed by atoms with Gasteiger partial charge in [-0.05, 0) is 30.2 Å². The third kappa shape index (κ3) is 6.35. The smallest absolute Gasteiger partial charge is 0.416 e. The van der Waals surface area contributed by atoms with Gasteiger partial charge in [0.05, 0.1) is 12.7 Å². The predicted octanol–water partition coefficient (Wildman–Crippen LogP) is 4.66. The molecular formula is C18H28ClF3N2O. The molecule has 0 saturated carbocycles. The van der Waals surface area contributed by atoms with Crippen LogP contribution in [0, 0.1) is 0 Å². The van der Waals surface area contributed by atoms with Crippen molar-refractivity contribution in [3.8, 4) is 5.75 Å². The summed E-state index contributed by atoms with van der Waals surface area (Å²) in [6, 6.07) is 4.13. The Hall–Kier alpha value is -0.980. The summed E-state index contributed by atoms with van der Waals surface area (Å²) in [5.41, 5.74) is 0.0761. The number of alkyl halides is 3. The lowest BCUT2D eigenvalue weighted by Gasteiger charge is -2.35. The summed E-state index contributed by atoms with van der Waals surface area (Å²) in [6.07, 6.45) is -0.276. The van der Waals surface area contributed by atoms with E-state index in [1.165, 1.54) is 13.2 Å². The van der Waals surface area contributed by atoms with E-state index in [1.807, 2.05) is 0 Å². The predicted molar refractivity (Wildman–Crippen MR) is 96.6 cm³/mol. The van der Waals surface area contributed by atoms with Crippen molar-refractivity contribution in [3.05, 3.63) is 29.3 Å². The molecule has 3 nitrogen and oxygen atoms in total. The summed E-state index contributed by atoms with van der Waals surface area (Å²) in [4.78, 5) is 2.29. The van der Waals surface area contributed by atoms with Crippen LogP contribution < -0.4 is 10.1 Å². The number of nitrogens with zero attached hydrogens (tertiary/aromatic N) is 1. The van der Waals surface area contributed by atoms with Crippen molar-refractivity contribution in [2.24, 2.45) is 0 Å². The van der Waals surface area contributed by atoms with E-state index in [9.17, 15) is 13.2 Å². The van der Waals surface area contributed by atoms with Gasteiger partial charge in [-0.1, -0.05) is 26.2 Å². The average Bonchev–Trinajstić information content (AvgIpc) is 2.58. The van der Waals surface area contributed by atoms with Gasteiger partial charge in [0.15, 0.2) is 0 Å². The van der Waals surface area contributed by atoms with E-state index in [0.29, 0.717) is 5.56 Å². The molecule has 1 atom stereocenters. The lowest BCUT2D eigenvalue weighted by atomic mass is 9.96. The Bertz CT molecular complexity index is 520. The fraction of sp³-hybridized carbons (Fsp3) is 0.667. The van der Waals surface area contributed by atoms with Crippen LogP contribution in [0.4, 0.5) is 13.2 Å². The SMILES string of the molecule is CCCCC[C@H](c1cc(OC)cc(C(F)(F)F)c1)N1CCNCC1.Cl. The lowest BCUT2D eigenvalue weighted by Crippen LogP contribution is -2.45. The molecule has 0 spiro atoms. The van der Waals surface area contributed by atoms with E-state index in [0.717, 1.165) is 57.9 Å². The number of benzene rings is 1. The maximum Gasteiger partial charge on any atom is 0.416 e. The highest BCUT2D eigenvalue weighted by molar-refractivity contribution is 5.85. The summed E-state index contributed by atoms with van der Waals surface area (Å²) < 4.78 is 44.8. The van der Waals surface area contributed by atoms with Gasteiger partial charge in [0.25, 0.3) is 0 Å². The van der Waals surface area contributed by atoms with Gasteiger partial charge in [-0.2, -0.15) is 13.2 Å². The molecule has 1 N–H and O–H groups in total. The molecule has 25 heavy (non-hydrogen) atoms. The Balaban J connectivity index is 0.00000312. The molecule has 1 heterocycles. The van der Waals surface area contributed by atoms with Gasteiger partial charge in [0.1, 0.15) is 5.75 Å². The Morgan fingerprint density at radius 1 is 1.16 bits per heavy atom. The number of piperazine rings is 1. The standard InChI is InChI=1S/C18H27F3N2O.ClH/c1-3-4-5-6-17(23-9-7-22-8-10-23)14-11-15(18(19,20)21)13-16(12-14)24-2;/h11-13,17,22H,3-10H2,1-2H3;1H/t17-;/m1./s1. The third-order valence-electron chi connectivity index (χ3n) is 4.55. The third-order valence-corrected chi connectivity index (χ3v) is 4.55.